The summed E-state index contributed by atoms with van der Waals surface area (Å²) in [4.78, 5) is 18.1. The van der Waals surface area contributed by atoms with Crippen molar-refractivity contribution in [3.63, 3.8) is 0 Å². The number of nitrogens with one attached hydrogen (secondary N) is 1. The van der Waals surface area contributed by atoms with Gasteiger partial charge in [0.15, 0.2) is 6.61 Å². The highest BCUT2D eigenvalue weighted by Crippen LogP contribution is 2.28. The molecule has 0 spiro atoms. The van der Waals surface area contributed by atoms with Gasteiger partial charge in [0, 0.05) is 25.3 Å². The Bertz CT molecular complexity index is 539. The van der Waals surface area contributed by atoms with Crippen LogP contribution in [0.3, 0.4) is 0 Å². The van der Waals surface area contributed by atoms with E-state index in [-0.39, 0.29) is 12.5 Å². The van der Waals surface area contributed by atoms with E-state index in [1.54, 1.807) is 0 Å². The number of amides is 1. The highest BCUT2D eigenvalue weighted by atomic mass is 16.5. The molecule has 1 aromatic rings. The molecule has 1 amide bonds. The summed E-state index contributed by atoms with van der Waals surface area (Å²) in [6, 6.07) is 5.97. The van der Waals surface area contributed by atoms with E-state index >= 15 is 0 Å². The van der Waals surface area contributed by atoms with E-state index in [1.165, 1.54) is 11.3 Å². The number of rotatable bonds is 2. The number of aliphatic imine (C=N–C) groups is 1. The molecule has 100 valence electrons. The lowest BCUT2D eigenvalue weighted by molar-refractivity contribution is -0.118. The maximum atomic E-state index is 11.3. The maximum absolute atomic E-state index is 11.3. The first-order chi connectivity index (χ1) is 9.20. The Morgan fingerprint density at radius 3 is 3.21 bits per heavy atom. The minimum absolute atomic E-state index is 0.0920. The molecule has 0 aromatic heterocycles. The summed E-state index contributed by atoms with van der Waals surface area (Å²) in [7, 11) is 0. The van der Waals surface area contributed by atoms with E-state index in [0.29, 0.717) is 0 Å². The third kappa shape index (κ3) is 2.76. The Labute approximate surface area is 112 Å². The molecule has 0 saturated carbocycles. The van der Waals surface area contributed by atoms with Crippen molar-refractivity contribution in [3.05, 3.63) is 23.8 Å². The molecular formula is C14H17N3O2. The highest BCUT2D eigenvalue weighted by molar-refractivity contribution is 5.95. The zero-order valence-corrected chi connectivity index (χ0v) is 11.0. The van der Waals surface area contributed by atoms with Crippen LogP contribution in [0.25, 0.3) is 0 Å². The number of ether oxygens (including phenoxy) is 1. The van der Waals surface area contributed by atoms with Crippen molar-refractivity contribution in [2.75, 3.05) is 31.6 Å². The monoisotopic (exact) mass is 259 g/mol. The van der Waals surface area contributed by atoms with E-state index in [4.69, 9.17) is 4.74 Å². The number of benzene rings is 1. The molecule has 0 atom stereocenters. The van der Waals surface area contributed by atoms with E-state index in [9.17, 15) is 4.79 Å². The van der Waals surface area contributed by atoms with Gasteiger partial charge in [-0.2, -0.15) is 0 Å². The number of anilines is 1. The van der Waals surface area contributed by atoms with Crippen LogP contribution < -0.4 is 10.1 Å². The van der Waals surface area contributed by atoms with Gasteiger partial charge in [-0.15, -0.1) is 0 Å². The van der Waals surface area contributed by atoms with Gasteiger partial charge < -0.3 is 10.1 Å². The molecule has 2 aliphatic heterocycles. The van der Waals surface area contributed by atoms with Crippen LogP contribution in [0.1, 0.15) is 12.5 Å². The third-order valence-corrected chi connectivity index (χ3v) is 3.33. The van der Waals surface area contributed by atoms with Gasteiger partial charge in [-0.25, -0.2) is 0 Å². The maximum Gasteiger partial charge on any atom is 0.262 e. The summed E-state index contributed by atoms with van der Waals surface area (Å²) in [5, 5.41) is 2.84. The fourth-order valence-corrected chi connectivity index (χ4v) is 2.46. The molecule has 0 radical (unpaired) electrons. The summed E-state index contributed by atoms with van der Waals surface area (Å²) in [5.41, 5.74) is 3.14. The quantitative estimate of drug-likeness (QED) is 0.871. The Balaban J connectivity index is 1.73. The minimum atomic E-state index is -0.0920. The van der Waals surface area contributed by atoms with Crippen LogP contribution >= 0.6 is 0 Å². The molecule has 2 aliphatic rings. The SMILES string of the molecule is CC1=NCCN(Cc2ccc3c(c2)NC(=O)CO3)C1. The van der Waals surface area contributed by atoms with Crippen LogP contribution in [0.2, 0.25) is 0 Å². The van der Waals surface area contributed by atoms with Crippen LogP contribution in [0.15, 0.2) is 23.2 Å². The Hall–Kier alpha value is -1.88. The lowest BCUT2D eigenvalue weighted by atomic mass is 10.1. The summed E-state index contributed by atoms with van der Waals surface area (Å²) in [6.45, 7) is 5.81. The molecule has 19 heavy (non-hydrogen) atoms. The second-order valence-corrected chi connectivity index (χ2v) is 5.00. The zero-order chi connectivity index (χ0) is 13.2. The van der Waals surface area contributed by atoms with E-state index in [0.717, 1.165) is 37.6 Å². The standard InChI is InChI=1S/C14H17N3O2/c1-10-7-17(5-4-15-10)8-11-2-3-13-12(6-11)16-14(18)9-19-13/h2-3,6H,4-5,7-9H2,1H3,(H,16,18). The van der Waals surface area contributed by atoms with Crippen LogP contribution in [-0.4, -0.2) is 42.8 Å². The molecule has 0 aliphatic carbocycles. The number of carbonyl (C=O) groups is 1. The van der Waals surface area contributed by atoms with Crippen LogP contribution in [0.4, 0.5) is 5.69 Å². The minimum Gasteiger partial charge on any atom is -0.482 e. The number of nitrogens with zero attached hydrogens (tertiary/aromatic N) is 2. The second kappa shape index (κ2) is 5.01. The van der Waals surface area contributed by atoms with Gasteiger partial charge in [0.05, 0.1) is 12.2 Å². The molecule has 3 rings (SSSR count). The molecule has 5 heteroatoms. The number of carbonyl (C=O) groups excluding carboxylic acids is 1. The van der Waals surface area contributed by atoms with Crippen molar-refractivity contribution in [1.29, 1.82) is 0 Å². The fraction of sp³-hybridized carbons (Fsp3) is 0.429. The van der Waals surface area contributed by atoms with Gasteiger partial charge in [0.25, 0.3) is 5.91 Å². The van der Waals surface area contributed by atoms with Gasteiger partial charge in [-0.1, -0.05) is 6.07 Å². The molecule has 2 heterocycles. The van der Waals surface area contributed by atoms with Gasteiger partial charge in [-0.05, 0) is 24.6 Å². The predicted molar refractivity (Wildman–Crippen MR) is 73.8 cm³/mol. The first-order valence-corrected chi connectivity index (χ1v) is 6.48. The molecule has 0 bridgehead atoms. The average Bonchev–Trinajstić information content (AvgIpc) is 2.38. The molecule has 1 aromatic carbocycles. The predicted octanol–water partition coefficient (Wildman–Crippen LogP) is 1.29. The van der Waals surface area contributed by atoms with Crippen molar-refractivity contribution in [2.45, 2.75) is 13.5 Å². The molecule has 0 saturated heterocycles. The van der Waals surface area contributed by atoms with Gasteiger partial charge in [0.1, 0.15) is 5.75 Å². The van der Waals surface area contributed by atoms with Crippen molar-refractivity contribution in [3.8, 4) is 5.75 Å². The summed E-state index contributed by atoms with van der Waals surface area (Å²) < 4.78 is 5.35. The van der Waals surface area contributed by atoms with E-state index in [2.05, 4.69) is 28.2 Å². The van der Waals surface area contributed by atoms with Gasteiger partial charge in [-0.3, -0.25) is 14.7 Å². The number of fused-ring (bicyclic) bond motifs is 1. The summed E-state index contributed by atoms with van der Waals surface area (Å²) >= 11 is 0. The normalized spacial score (nSPS) is 19.2. The largest absolute Gasteiger partial charge is 0.482 e. The van der Waals surface area contributed by atoms with Crippen LogP contribution in [-0.2, 0) is 11.3 Å². The highest BCUT2D eigenvalue weighted by Gasteiger charge is 2.17. The smallest absolute Gasteiger partial charge is 0.262 e. The van der Waals surface area contributed by atoms with E-state index in [1.807, 2.05) is 12.1 Å². The topological polar surface area (TPSA) is 53.9 Å². The first-order valence-electron chi connectivity index (χ1n) is 6.48. The lowest BCUT2D eigenvalue weighted by Gasteiger charge is -2.26. The molecule has 1 N–H and O–H groups in total. The van der Waals surface area contributed by atoms with Crippen molar-refractivity contribution in [1.82, 2.24) is 4.90 Å². The fourth-order valence-electron chi connectivity index (χ4n) is 2.46. The Morgan fingerprint density at radius 1 is 1.47 bits per heavy atom. The van der Waals surface area contributed by atoms with Crippen molar-refractivity contribution in [2.24, 2.45) is 4.99 Å². The summed E-state index contributed by atoms with van der Waals surface area (Å²) in [6.07, 6.45) is 0. The number of hydrogen-bond acceptors (Lipinski definition) is 4. The molecule has 0 unspecified atom stereocenters. The van der Waals surface area contributed by atoms with Crippen molar-refractivity contribution >= 4 is 17.3 Å². The van der Waals surface area contributed by atoms with E-state index < -0.39 is 0 Å². The van der Waals surface area contributed by atoms with Gasteiger partial charge >= 0.3 is 0 Å². The first kappa shape index (κ1) is 12.2. The Morgan fingerprint density at radius 2 is 2.37 bits per heavy atom. The third-order valence-electron chi connectivity index (χ3n) is 3.33. The Kier molecular flexibility index (Phi) is 3.21. The van der Waals surface area contributed by atoms with Crippen LogP contribution in [0.5, 0.6) is 5.75 Å². The number of hydrogen-bond donors (Lipinski definition) is 1. The molecule has 5 nitrogen and oxygen atoms in total. The van der Waals surface area contributed by atoms with Crippen LogP contribution in [0, 0.1) is 0 Å². The van der Waals surface area contributed by atoms with Crippen molar-refractivity contribution < 1.29 is 9.53 Å². The second-order valence-electron chi connectivity index (χ2n) is 5.00. The molecule has 0 fully saturated rings. The lowest BCUT2D eigenvalue weighted by Crippen LogP contribution is -2.34. The summed E-state index contributed by atoms with van der Waals surface area (Å²) in [5.74, 6) is 0.658. The zero-order valence-electron chi connectivity index (χ0n) is 11.0. The average molecular weight is 259 g/mol. The molecular weight excluding hydrogens is 242 g/mol. The van der Waals surface area contributed by atoms with Gasteiger partial charge in [0.2, 0.25) is 0 Å².